The molecule has 3 N–H and O–H groups in total. The third kappa shape index (κ3) is 5.93. The smallest absolute Gasteiger partial charge is 0.251 e. The fraction of sp³-hybridized carbons (Fsp3) is 0.500. The van der Waals surface area contributed by atoms with Crippen molar-refractivity contribution in [3.63, 3.8) is 0 Å². The van der Waals surface area contributed by atoms with Gasteiger partial charge in [-0.05, 0) is 43.0 Å². The molecule has 1 heterocycles. The first-order valence-electron chi connectivity index (χ1n) is 9.59. The van der Waals surface area contributed by atoms with Crippen LogP contribution in [0.1, 0.15) is 37.0 Å². The van der Waals surface area contributed by atoms with E-state index in [1.165, 1.54) is 11.9 Å². The van der Waals surface area contributed by atoms with E-state index in [4.69, 9.17) is 11.6 Å². The lowest BCUT2D eigenvalue weighted by molar-refractivity contribution is -0.138. The summed E-state index contributed by atoms with van der Waals surface area (Å²) in [4.78, 5) is 50.9. The molecule has 1 saturated heterocycles. The van der Waals surface area contributed by atoms with Crippen LogP contribution in [0.5, 0.6) is 0 Å². The molecule has 0 aromatic heterocycles. The minimum atomic E-state index is -0.806. The Balaban J connectivity index is 1.95. The third-order valence-corrected chi connectivity index (χ3v) is 5.13. The maximum atomic E-state index is 12.6. The summed E-state index contributed by atoms with van der Waals surface area (Å²) in [5.74, 6) is -1.58. The average molecular weight is 423 g/mol. The number of amides is 4. The normalized spacial score (nSPS) is 17.0. The second kappa shape index (κ2) is 10.2. The third-order valence-electron chi connectivity index (χ3n) is 4.88. The van der Waals surface area contributed by atoms with E-state index in [0.717, 1.165) is 6.42 Å². The topological polar surface area (TPSA) is 108 Å². The second-order valence-electron chi connectivity index (χ2n) is 7.28. The number of hydrogen-bond donors (Lipinski definition) is 3. The van der Waals surface area contributed by atoms with Crippen LogP contribution in [-0.2, 0) is 14.4 Å². The minimum Gasteiger partial charge on any atom is -0.357 e. The molecule has 2 rings (SSSR count). The van der Waals surface area contributed by atoms with Gasteiger partial charge in [0, 0.05) is 24.2 Å². The number of hydrogen-bond acceptors (Lipinski definition) is 4. The van der Waals surface area contributed by atoms with Gasteiger partial charge in [-0.25, -0.2) is 0 Å². The van der Waals surface area contributed by atoms with Crippen molar-refractivity contribution in [1.82, 2.24) is 20.9 Å². The van der Waals surface area contributed by atoms with Gasteiger partial charge in [0.2, 0.25) is 17.7 Å². The van der Waals surface area contributed by atoms with Crippen LogP contribution in [0.25, 0.3) is 0 Å². The number of halogens is 1. The molecule has 2 atom stereocenters. The van der Waals surface area contributed by atoms with E-state index < -0.39 is 23.9 Å². The number of likely N-dealkylation sites (N-methyl/N-ethyl adjacent to an activating group) is 1. The molecule has 0 bridgehead atoms. The van der Waals surface area contributed by atoms with Crippen LogP contribution in [0.15, 0.2) is 24.3 Å². The van der Waals surface area contributed by atoms with Crippen LogP contribution in [-0.4, -0.2) is 60.7 Å². The molecule has 8 nitrogen and oxygen atoms in total. The van der Waals surface area contributed by atoms with Crippen molar-refractivity contribution < 1.29 is 19.2 Å². The summed E-state index contributed by atoms with van der Waals surface area (Å²) in [6.07, 6.45) is 1.34. The molecule has 0 radical (unpaired) electrons. The van der Waals surface area contributed by atoms with Crippen LogP contribution in [0, 0.1) is 5.92 Å². The summed E-state index contributed by atoms with van der Waals surface area (Å²) >= 11 is 5.83. The highest BCUT2D eigenvalue weighted by molar-refractivity contribution is 6.30. The molecule has 2 unspecified atom stereocenters. The Hall–Kier alpha value is -2.61. The van der Waals surface area contributed by atoms with Crippen molar-refractivity contribution in [2.24, 2.45) is 5.92 Å². The van der Waals surface area contributed by atoms with Gasteiger partial charge in [0.05, 0.1) is 6.54 Å². The zero-order valence-corrected chi connectivity index (χ0v) is 17.6. The Morgan fingerprint density at radius 1 is 1.17 bits per heavy atom. The van der Waals surface area contributed by atoms with E-state index in [9.17, 15) is 19.2 Å². The zero-order chi connectivity index (χ0) is 21.6. The first-order chi connectivity index (χ1) is 13.7. The predicted octanol–water partition coefficient (Wildman–Crippen LogP) is 0.948. The van der Waals surface area contributed by atoms with Gasteiger partial charge >= 0.3 is 0 Å². The van der Waals surface area contributed by atoms with Crippen molar-refractivity contribution >= 4 is 35.2 Å². The highest BCUT2D eigenvalue weighted by Gasteiger charge is 2.34. The van der Waals surface area contributed by atoms with Gasteiger partial charge in [-0.2, -0.15) is 0 Å². The maximum Gasteiger partial charge on any atom is 0.251 e. The molecule has 4 amide bonds. The molecule has 29 heavy (non-hydrogen) atoms. The van der Waals surface area contributed by atoms with E-state index in [1.54, 1.807) is 38.1 Å². The van der Waals surface area contributed by atoms with Gasteiger partial charge in [0.25, 0.3) is 5.91 Å². The summed E-state index contributed by atoms with van der Waals surface area (Å²) in [7, 11) is 1.53. The van der Waals surface area contributed by atoms with E-state index in [1.807, 2.05) is 0 Å². The summed E-state index contributed by atoms with van der Waals surface area (Å²) < 4.78 is 0. The van der Waals surface area contributed by atoms with Crippen molar-refractivity contribution in [1.29, 1.82) is 0 Å². The summed E-state index contributed by atoms with van der Waals surface area (Å²) in [6.45, 7) is 3.85. The SMILES string of the molecule is CNC(=O)C1CCCN1C(=O)CNC(=O)C(NC(=O)c1ccc(Cl)cc1)C(C)C. The lowest BCUT2D eigenvalue weighted by Crippen LogP contribution is -2.53. The Morgan fingerprint density at radius 3 is 2.41 bits per heavy atom. The minimum absolute atomic E-state index is 0.188. The molecular formula is C20H27ClN4O4. The zero-order valence-electron chi connectivity index (χ0n) is 16.8. The van der Waals surface area contributed by atoms with E-state index in [2.05, 4.69) is 16.0 Å². The molecule has 158 valence electrons. The van der Waals surface area contributed by atoms with Crippen molar-refractivity contribution in [2.75, 3.05) is 20.1 Å². The first-order valence-corrected chi connectivity index (χ1v) is 9.97. The first kappa shape index (κ1) is 22.7. The van der Waals surface area contributed by atoms with Crippen LogP contribution in [0.3, 0.4) is 0 Å². The second-order valence-corrected chi connectivity index (χ2v) is 7.72. The fourth-order valence-electron chi connectivity index (χ4n) is 3.24. The molecule has 1 aliphatic heterocycles. The van der Waals surface area contributed by atoms with Gasteiger partial charge in [-0.15, -0.1) is 0 Å². The Labute approximate surface area is 175 Å². The summed E-state index contributed by atoms with van der Waals surface area (Å²) in [5, 5.41) is 8.35. The van der Waals surface area contributed by atoms with Gasteiger partial charge in [0.1, 0.15) is 12.1 Å². The van der Waals surface area contributed by atoms with Gasteiger partial charge in [-0.1, -0.05) is 25.4 Å². The quantitative estimate of drug-likeness (QED) is 0.608. The fourth-order valence-corrected chi connectivity index (χ4v) is 3.37. The number of nitrogens with one attached hydrogen (secondary N) is 3. The molecule has 0 saturated carbocycles. The van der Waals surface area contributed by atoms with Gasteiger partial charge in [-0.3, -0.25) is 19.2 Å². The summed E-state index contributed by atoms with van der Waals surface area (Å²) in [6, 6.07) is 5.02. The average Bonchev–Trinajstić information content (AvgIpc) is 3.19. The molecule has 0 aliphatic carbocycles. The lowest BCUT2D eigenvalue weighted by Gasteiger charge is -2.25. The largest absolute Gasteiger partial charge is 0.357 e. The van der Waals surface area contributed by atoms with Crippen molar-refractivity contribution in [3.05, 3.63) is 34.9 Å². The molecule has 1 aromatic rings. The standard InChI is InChI=1S/C20H27ClN4O4/c1-12(2)17(24-18(27)13-6-8-14(21)9-7-13)20(29)23-11-16(26)25-10-4-5-15(25)19(28)22-3/h6-9,12,15,17H,4-5,10-11H2,1-3H3,(H,22,28)(H,23,29)(H,24,27). The van der Waals surface area contributed by atoms with E-state index in [0.29, 0.717) is 23.6 Å². The lowest BCUT2D eigenvalue weighted by atomic mass is 10.0. The van der Waals surface area contributed by atoms with Crippen molar-refractivity contribution in [2.45, 2.75) is 38.8 Å². The molecular weight excluding hydrogens is 396 g/mol. The highest BCUT2D eigenvalue weighted by atomic mass is 35.5. The van der Waals surface area contributed by atoms with E-state index in [-0.39, 0.29) is 24.3 Å². The van der Waals surface area contributed by atoms with Crippen LogP contribution in [0.4, 0.5) is 0 Å². The maximum absolute atomic E-state index is 12.6. The Morgan fingerprint density at radius 2 is 1.83 bits per heavy atom. The predicted molar refractivity (Wildman–Crippen MR) is 109 cm³/mol. The van der Waals surface area contributed by atoms with Gasteiger partial charge < -0.3 is 20.9 Å². The molecule has 1 fully saturated rings. The number of nitrogens with zero attached hydrogens (tertiary/aromatic N) is 1. The van der Waals surface area contributed by atoms with E-state index >= 15 is 0 Å². The van der Waals surface area contributed by atoms with Crippen LogP contribution < -0.4 is 16.0 Å². The molecule has 1 aliphatic rings. The molecule has 9 heteroatoms. The Bertz CT molecular complexity index is 766. The number of rotatable bonds is 7. The number of likely N-dealkylation sites (tertiary alicyclic amines) is 1. The molecule has 0 spiro atoms. The van der Waals surface area contributed by atoms with Gasteiger partial charge in [0.15, 0.2) is 0 Å². The number of carbonyl (C=O) groups is 4. The number of carbonyl (C=O) groups excluding carboxylic acids is 4. The van der Waals surface area contributed by atoms with Crippen LogP contribution >= 0.6 is 11.6 Å². The Kier molecular flexibility index (Phi) is 8.01. The molecule has 1 aromatic carbocycles. The summed E-state index contributed by atoms with van der Waals surface area (Å²) in [5.41, 5.74) is 0.384. The monoisotopic (exact) mass is 422 g/mol. The number of benzene rings is 1. The highest BCUT2D eigenvalue weighted by Crippen LogP contribution is 2.17. The van der Waals surface area contributed by atoms with Crippen molar-refractivity contribution in [3.8, 4) is 0 Å². The van der Waals surface area contributed by atoms with Crippen LogP contribution in [0.2, 0.25) is 5.02 Å².